The first-order valence-electron chi connectivity index (χ1n) is 42.4. The number of hydrogen-bond acceptors (Lipinski definition) is 19. The summed E-state index contributed by atoms with van der Waals surface area (Å²) in [5.74, 6) is 0.844. The number of allylic oxidation sites excluding steroid dienone is 2. The Hall–Kier alpha value is -10.4. The van der Waals surface area contributed by atoms with E-state index < -0.39 is 16.5 Å². The minimum absolute atomic E-state index is 0.0401. The number of terminal acetylenes is 1. The summed E-state index contributed by atoms with van der Waals surface area (Å²) in [4.78, 5) is 91.1. The summed E-state index contributed by atoms with van der Waals surface area (Å²) in [6.07, 6.45) is 33.3. The molecule has 2 fully saturated rings. The van der Waals surface area contributed by atoms with Crippen molar-refractivity contribution in [2.45, 2.75) is 258 Å². The summed E-state index contributed by atoms with van der Waals surface area (Å²) >= 11 is 0. The van der Waals surface area contributed by atoms with Gasteiger partial charge in [0.15, 0.2) is 0 Å². The van der Waals surface area contributed by atoms with E-state index >= 15 is 0 Å². The van der Waals surface area contributed by atoms with E-state index in [0.717, 1.165) is 111 Å². The van der Waals surface area contributed by atoms with Gasteiger partial charge in [0.05, 0.1) is 77.9 Å². The monoisotopic (exact) mass is 1630 g/mol. The number of benzene rings is 6. The number of anilines is 3. The molecule has 2 saturated carbocycles. The number of nitrogens with one attached hydrogen (secondary N) is 1. The van der Waals surface area contributed by atoms with Crippen LogP contribution in [0.2, 0.25) is 0 Å². The van der Waals surface area contributed by atoms with Gasteiger partial charge in [0.1, 0.15) is 11.4 Å². The summed E-state index contributed by atoms with van der Waals surface area (Å²) in [6, 6.07) is 29.7. The van der Waals surface area contributed by atoms with Crippen molar-refractivity contribution in [3.8, 4) is 12.3 Å². The maximum atomic E-state index is 12.2. The Kier molecular flexibility index (Phi) is 36.5. The van der Waals surface area contributed by atoms with E-state index in [-0.39, 0.29) is 63.9 Å². The van der Waals surface area contributed by atoms with Gasteiger partial charge >= 0.3 is 35.8 Å². The van der Waals surface area contributed by atoms with Crippen LogP contribution in [-0.4, -0.2) is 103 Å². The number of nitrogens with two attached hydrogens (primary N) is 2. The molecule has 6 N–H and O–H groups in total. The normalized spacial score (nSPS) is 16.5. The number of nitrogen functional groups attached to an aromatic ring is 2. The third-order valence-corrected chi connectivity index (χ3v) is 21.6. The minimum atomic E-state index is -0.931. The zero-order valence-corrected chi connectivity index (χ0v) is 74.1. The Labute approximate surface area is 707 Å². The van der Waals surface area contributed by atoms with Crippen LogP contribution in [0.1, 0.15) is 313 Å². The van der Waals surface area contributed by atoms with Crippen LogP contribution in [0, 0.1) is 49.5 Å². The molecule has 0 unspecified atom stereocenters. The van der Waals surface area contributed by atoms with Crippen molar-refractivity contribution in [3.63, 3.8) is 0 Å². The Balaban J connectivity index is 0.000000217. The van der Waals surface area contributed by atoms with Gasteiger partial charge in [-0.2, -0.15) is 0 Å². The second kappa shape index (κ2) is 44.6. The van der Waals surface area contributed by atoms with Crippen LogP contribution in [0.15, 0.2) is 109 Å². The Bertz CT molecular complexity index is 4520. The van der Waals surface area contributed by atoms with Crippen LogP contribution in [0.4, 0.5) is 22.7 Å². The van der Waals surface area contributed by atoms with Gasteiger partial charge in [-0.1, -0.05) is 124 Å². The minimum Gasteiger partial charge on any atom is -0.462 e. The fraction of sp³-hybridized carbons (Fsp3) is 0.505. The maximum absolute atomic E-state index is 12.2. The van der Waals surface area contributed by atoms with Crippen molar-refractivity contribution < 1.29 is 72.0 Å². The van der Waals surface area contributed by atoms with Gasteiger partial charge in [-0.3, -0.25) is 14.9 Å². The highest BCUT2D eigenvalue weighted by Crippen LogP contribution is 2.43. The van der Waals surface area contributed by atoms with Crippen molar-refractivity contribution in [1.29, 1.82) is 0 Å². The average Bonchev–Trinajstić information content (AvgIpc) is 1.54. The molecule has 0 aromatic heterocycles. The molecule has 0 atom stereocenters. The molecule has 0 bridgehead atoms. The number of Topliss-reactive ketones (excluding diaryl/α,β-unsaturated/α-hetero) is 1. The van der Waals surface area contributed by atoms with E-state index in [9.17, 15) is 43.7 Å². The van der Waals surface area contributed by atoms with Gasteiger partial charge in [0, 0.05) is 47.6 Å². The lowest BCUT2D eigenvalue weighted by molar-refractivity contribution is -0.385. The van der Waals surface area contributed by atoms with Crippen LogP contribution in [0.25, 0.3) is 12.2 Å². The molecule has 7 aliphatic carbocycles. The number of nitro groups is 1. The number of aryl methyl sites for hydroxylation is 3. The highest BCUT2D eigenvalue weighted by atomic mass is 16.6. The second-order valence-corrected chi connectivity index (χ2v) is 35.6. The van der Waals surface area contributed by atoms with Gasteiger partial charge in [0.2, 0.25) is 0 Å². The number of carbonyl (C=O) groups excluding carboxylic acids is 7. The van der Waals surface area contributed by atoms with Gasteiger partial charge in [-0.15, -0.1) is 6.42 Å². The topological polar surface area (TPSA) is 302 Å². The Morgan fingerprint density at radius 1 is 0.471 bits per heavy atom. The standard InChI is InChI=1S/C20H29NO2.C15H19NO4.C15H21NO2.2C15H18O2.C9H11NO2.2C5H8O/c1-4-23-19(22)15-11-14-9-10-20(2,3)13-17(14)18(12-15)21-16-7-5-6-8-16;1-4-20-14(17)11-7-10-5-6-15(2,3)9-12(10)13(8-11)16(18)19;1-4-18-14(17)11-7-10-5-6-15(2,3)9-12(10)13(16)8-11;2*1-4-17-14(16)12-5-6-13-10-15(2,3)8-7-11(13)9-12;1-2-12-9(11)7-3-5-8(10)6-4-7;6-5-3-1-2-4-5;1-4-5(2,3)6/h11-12,16,21H,4-10,13H2,1-3H3;7-8H,4-6,9H2,1-3H3;7-8H,4-6,9,16H2,1-3H3;2*5-9H,4,10H2,1-3H3;3-6H,2,10H2,1H3;1-4H2;1,6H,2-3H3. The maximum Gasteiger partial charge on any atom is 0.338 e. The van der Waals surface area contributed by atoms with E-state index in [1.807, 2.05) is 76.2 Å². The molecule has 0 radical (unpaired) electrons. The number of nitro benzene ring substituents is 1. The van der Waals surface area contributed by atoms with E-state index in [2.05, 4.69) is 111 Å². The fourth-order valence-electron chi connectivity index (χ4n) is 15.0. The summed E-state index contributed by atoms with van der Waals surface area (Å²) in [7, 11) is 0. The van der Waals surface area contributed by atoms with Crippen molar-refractivity contribution in [2.24, 2.45) is 27.1 Å². The molecular formula is C99H132N4O16. The fourth-order valence-corrected chi connectivity index (χ4v) is 15.0. The molecule has 0 heterocycles. The van der Waals surface area contributed by atoms with Gasteiger partial charge in [0.25, 0.3) is 5.69 Å². The predicted octanol–water partition coefficient (Wildman–Crippen LogP) is 20.9. The number of fused-ring (bicyclic) bond motifs is 5. The van der Waals surface area contributed by atoms with Crippen LogP contribution >= 0.6 is 0 Å². The van der Waals surface area contributed by atoms with Crippen molar-refractivity contribution in [3.05, 3.63) is 208 Å². The molecule has 13 rings (SSSR count). The average molecular weight is 1630 g/mol. The summed E-state index contributed by atoms with van der Waals surface area (Å²) in [6.45, 7) is 38.5. The van der Waals surface area contributed by atoms with Crippen molar-refractivity contribution in [1.82, 2.24) is 0 Å². The lowest BCUT2D eigenvalue weighted by Gasteiger charge is -2.33. The summed E-state index contributed by atoms with van der Waals surface area (Å²) in [5.41, 5.74) is 29.3. The van der Waals surface area contributed by atoms with Crippen molar-refractivity contribution >= 4 is 76.5 Å². The van der Waals surface area contributed by atoms with Crippen LogP contribution < -0.4 is 16.8 Å². The van der Waals surface area contributed by atoms with E-state index in [1.54, 1.807) is 64.1 Å². The molecule has 0 amide bonds. The predicted molar refractivity (Wildman–Crippen MR) is 475 cm³/mol. The number of nitrogens with zero attached hydrogens (tertiary/aromatic N) is 1. The first kappa shape index (κ1) is 97.4. The molecule has 0 saturated heterocycles. The molecule has 7 aliphatic rings. The zero-order chi connectivity index (χ0) is 88.2. The number of ketones is 1. The third-order valence-electron chi connectivity index (χ3n) is 21.6. The van der Waals surface area contributed by atoms with Crippen LogP contribution in [-0.2, 0) is 84.6 Å². The molecule has 20 nitrogen and oxygen atoms in total. The lowest BCUT2D eigenvalue weighted by atomic mass is 9.73. The van der Waals surface area contributed by atoms with Gasteiger partial charge in [-0.25, -0.2) is 28.8 Å². The first-order chi connectivity index (χ1) is 56.0. The Morgan fingerprint density at radius 3 is 1.19 bits per heavy atom. The molecule has 0 aliphatic heterocycles. The smallest absolute Gasteiger partial charge is 0.338 e. The van der Waals surface area contributed by atoms with Gasteiger partial charge in [-0.05, 0) is 308 Å². The highest BCUT2D eigenvalue weighted by molar-refractivity contribution is 5.94. The van der Waals surface area contributed by atoms with Gasteiger partial charge < -0.3 is 50.3 Å². The second-order valence-electron chi connectivity index (χ2n) is 35.6. The number of rotatable bonds is 15. The van der Waals surface area contributed by atoms with Crippen molar-refractivity contribution in [2.75, 3.05) is 56.4 Å². The van der Waals surface area contributed by atoms with E-state index in [1.165, 1.54) is 77.2 Å². The number of ether oxygens (including phenoxy) is 6. The number of esters is 6. The largest absolute Gasteiger partial charge is 0.462 e. The molecule has 6 aromatic carbocycles. The zero-order valence-electron chi connectivity index (χ0n) is 74.1. The van der Waals surface area contributed by atoms with Crippen LogP contribution in [0.3, 0.4) is 0 Å². The SMILES string of the molecule is C#CC(C)(C)O.CCOC(=O)c1cc(N)c2c(c1)CCC(C)(C)C2.CCOC(=O)c1cc2c(c(NC3CCCC3)c1)CC(C)(C)CC2.CCOC(=O)c1cc2c(c([N+](=O)[O-])c1)CC(C)(C)CC2.CCOC(=O)c1ccc(N)cc1.CCOC(=O)c1ccc2c(c1)C=CC(C)(C)C2.CCOC(=O)c1ccc2c(c1)C=CC(C)(C)C2.O=C1CCCC1. The first-order valence-corrected chi connectivity index (χ1v) is 42.4. The number of carbonyl (C=O) groups is 7. The number of aliphatic hydroxyl groups is 1. The third kappa shape index (κ3) is 31.4. The highest BCUT2D eigenvalue weighted by Gasteiger charge is 2.34. The molecule has 0 spiro atoms. The number of hydrogen-bond donors (Lipinski definition) is 4. The van der Waals surface area contributed by atoms with E-state index in [4.69, 9.17) is 51.4 Å². The Morgan fingerprint density at radius 2 is 0.815 bits per heavy atom. The molecular weight excluding hydrogens is 1500 g/mol. The summed E-state index contributed by atoms with van der Waals surface area (Å²) in [5, 5.41) is 23.6. The quantitative estimate of drug-likeness (QED) is 0.0185. The lowest BCUT2D eigenvalue weighted by Crippen LogP contribution is -2.25. The molecule has 20 heteroatoms. The molecule has 119 heavy (non-hydrogen) atoms. The summed E-state index contributed by atoms with van der Waals surface area (Å²) < 4.78 is 30.0. The molecule has 6 aromatic rings. The van der Waals surface area contributed by atoms with Crippen LogP contribution in [0.5, 0.6) is 0 Å². The molecule has 644 valence electrons. The van der Waals surface area contributed by atoms with E-state index in [0.29, 0.717) is 95.6 Å².